The third kappa shape index (κ3) is 3.87. The van der Waals surface area contributed by atoms with Gasteiger partial charge in [0.1, 0.15) is 0 Å². The van der Waals surface area contributed by atoms with Gasteiger partial charge in [-0.05, 0) is 42.2 Å². The number of nitrogens with one attached hydrogen (secondary N) is 1. The van der Waals surface area contributed by atoms with E-state index in [1.165, 1.54) is 43.9 Å². The molecule has 2 aliphatic rings. The molecule has 0 unspecified atom stereocenters. The third-order valence-electron chi connectivity index (χ3n) is 5.91. The zero-order valence-electron chi connectivity index (χ0n) is 14.9. The van der Waals surface area contributed by atoms with E-state index in [1.807, 2.05) is 30.3 Å². The van der Waals surface area contributed by atoms with E-state index in [4.69, 9.17) is 0 Å². The Bertz CT molecular complexity index is 734. The van der Waals surface area contributed by atoms with E-state index in [-0.39, 0.29) is 5.91 Å². The number of nitrogens with zero attached hydrogens (tertiary/aromatic N) is 1. The third-order valence-corrected chi connectivity index (χ3v) is 5.91. The number of amides is 1. The maximum absolute atomic E-state index is 12.7. The standard InChI is InChI=1S/C22H28N2O/c25-22(19-12-11-17-7-5-6-8-18(17)15-19)23-20-13-14-24(16-20)21-9-3-1-2-4-10-21/h5-8,11-12,15,20-21H,1-4,9-10,13-14,16H2,(H,23,25)/t20-/m1/s1. The molecule has 1 heterocycles. The average molecular weight is 336 g/mol. The van der Waals surface area contributed by atoms with Gasteiger partial charge in [-0.3, -0.25) is 9.69 Å². The highest BCUT2D eigenvalue weighted by molar-refractivity contribution is 5.98. The number of benzene rings is 2. The Labute approximate surface area is 150 Å². The first-order valence-corrected chi connectivity index (χ1v) is 9.83. The molecule has 0 radical (unpaired) electrons. The Balaban J connectivity index is 1.37. The van der Waals surface area contributed by atoms with Gasteiger partial charge in [0.25, 0.3) is 5.91 Å². The van der Waals surface area contributed by atoms with Gasteiger partial charge in [-0.25, -0.2) is 0 Å². The normalized spacial score (nSPS) is 22.8. The quantitative estimate of drug-likeness (QED) is 0.844. The molecule has 0 aromatic heterocycles. The minimum Gasteiger partial charge on any atom is -0.348 e. The van der Waals surface area contributed by atoms with Crippen molar-refractivity contribution in [1.29, 1.82) is 0 Å². The summed E-state index contributed by atoms with van der Waals surface area (Å²) in [7, 11) is 0. The predicted octanol–water partition coefficient (Wildman–Crippen LogP) is 4.37. The molecule has 1 saturated carbocycles. The Morgan fingerprint density at radius 2 is 1.68 bits per heavy atom. The molecular formula is C22H28N2O. The van der Waals surface area contributed by atoms with E-state index >= 15 is 0 Å². The fraction of sp³-hybridized carbons (Fsp3) is 0.500. The molecule has 1 N–H and O–H groups in total. The zero-order valence-corrected chi connectivity index (χ0v) is 14.9. The molecule has 3 heteroatoms. The monoisotopic (exact) mass is 336 g/mol. The van der Waals surface area contributed by atoms with Crippen LogP contribution in [0, 0.1) is 0 Å². The van der Waals surface area contributed by atoms with Crippen molar-refractivity contribution in [2.24, 2.45) is 0 Å². The van der Waals surface area contributed by atoms with Crippen LogP contribution in [0.2, 0.25) is 0 Å². The van der Waals surface area contributed by atoms with E-state index in [1.54, 1.807) is 0 Å². The van der Waals surface area contributed by atoms with Crippen molar-refractivity contribution in [1.82, 2.24) is 10.2 Å². The largest absolute Gasteiger partial charge is 0.348 e. The molecule has 0 spiro atoms. The number of rotatable bonds is 3. The van der Waals surface area contributed by atoms with Crippen molar-refractivity contribution < 1.29 is 4.79 Å². The maximum atomic E-state index is 12.7. The second-order valence-electron chi connectivity index (χ2n) is 7.66. The van der Waals surface area contributed by atoms with Crippen molar-refractivity contribution in [2.75, 3.05) is 13.1 Å². The average Bonchev–Trinajstić information content (AvgIpc) is 2.93. The summed E-state index contributed by atoms with van der Waals surface area (Å²) in [5.74, 6) is 0.0680. The Morgan fingerprint density at radius 3 is 2.48 bits per heavy atom. The van der Waals surface area contributed by atoms with Gasteiger partial charge in [-0.1, -0.05) is 56.0 Å². The minimum absolute atomic E-state index is 0.0680. The lowest BCUT2D eigenvalue weighted by molar-refractivity contribution is 0.0935. The van der Waals surface area contributed by atoms with Crippen molar-refractivity contribution in [3.8, 4) is 0 Å². The van der Waals surface area contributed by atoms with Gasteiger partial charge < -0.3 is 5.32 Å². The van der Waals surface area contributed by atoms with Gasteiger partial charge in [0.15, 0.2) is 0 Å². The Hall–Kier alpha value is -1.87. The molecule has 1 aliphatic heterocycles. The second-order valence-corrected chi connectivity index (χ2v) is 7.66. The number of likely N-dealkylation sites (tertiary alicyclic amines) is 1. The van der Waals surface area contributed by atoms with Crippen LogP contribution in [0.25, 0.3) is 10.8 Å². The first-order valence-electron chi connectivity index (χ1n) is 9.83. The lowest BCUT2D eigenvalue weighted by Crippen LogP contribution is -2.39. The highest BCUT2D eigenvalue weighted by atomic mass is 16.1. The van der Waals surface area contributed by atoms with E-state index in [2.05, 4.69) is 22.3 Å². The maximum Gasteiger partial charge on any atom is 0.251 e. The van der Waals surface area contributed by atoms with Gasteiger partial charge in [0.2, 0.25) is 0 Å². The van der Waals surface area contributed by atoms with Crippen molar-refractivity contribution in [2.45, 2.75) is 57.0 Å². The topological polar surface area (TPSA) is 32.3 Å². The summed E-state index contributed by atoms with van der Waals surface area (Å²) >= 11 is 0. The number of hydrogen-bond acceptors (Lipinski definition) is 2. The molecule has 132 valence electrons. The van der Waals surface area contributed by atoms with Crippen LogP contribution in [0.1, 0.15) is 55.3 Å². The van der Waals surface area contributed by atoms with Crippen LogP contribution in [0.3, 0.4) is 0 Å². The SMILES string of the molecule is O=C(N[C@@H]1CCN(C2CCCCCC2)C1)c1ccc2ccccc2c1. The van der Waals surface area contributed by atoms with Crippen LogP contribution in [0.15, 0.2) is 42.5 Å². The summed E-state index contributed by atoms with van der Waals surface area (Å²) in [4.78, 5) is 15.3. The van der Waals surface area contributed by atoms with E-state index in [9.17, 15) is 4.79 Å². The van der Waals surface area contributed by atoms with E-state index in [0.717, 1.165) is 36.5 Å². The van der Waals surface area contributed by atoms with Crippen LogP contribution in [-0.4, -0.2) is 36.0 Å². The van der Waals surface area contributed by atoms with Crippen LogP contribution in [0.5, 0.6) is 0 Å². The van der Waals surface area contributed by atoms with Crippen LogP contribution >= 0.6 is 0 Å². The molecule has 3 nitrogen and oxygen atoms in total. The lowest BCUT2D eigenvalue weighted by Gasteiger charge is -2.26. The fourth-order valence-corrected chi connectivity index (χ4v) is 4.46. The highest BCUT2D eigenvalue weighted by Crippen LogP contribution is 2.25. The molecule has 4 rings (SSSR count). The summed E-state index contributed by atoms with van der Waals surface area (Å²) in [6.07, 6.45) is 9.29. The van der Waals surface area contributed by atoms with E-state index < -0.39 is 0 Å². The fourth-order valence-electron chi connectivity index (χ4n) is 4.46. The minimum atomic E-state index is 0.0680. The lowest BCUT2D eigenvalue weighted by atomic mass is 10.1. The first-order chi connectivity index (χ1) is 12.3. The van der Waals surface area contributed by atoms with Crippen molar-refractivity contribution in [3.63, 3.8) is 0 Å². The number of carbonyl (C=O) groups excluding carboxylic acids is 1. The Kier molecular flexibility index (Phi) is 5.02. The second kappa shape index (κ2) is 7.57. The van der Waals surface area contributed by atoms with Crippen molar-refractivity contribution >= 4 is 16.7 Å². The van der Waals surface area contributed by atoms with Gasteiger partial charge in [-0.15, -0.1) is 0 Å². The molecule has 1 atom stereocenters. The Morgan fingerprint density at radius 1 is 0.920 bits per heavy atom. The van der Waals surface area contributed by atoms with Gasteiger partial charge >= 0.3 is 0 Å². The summed E-state index contributed by atoms with van der Waals surface area (Å²) in [5, 5.41) is 5.57. The van der Waals surface area contributed by atoms with Crippen LogP contribution in [0.4, 0.5) is 0 Å². The molecule has 1 saturated heterocycles. The number of carbonyl (C=O) groups is 1. The molecular weight excluding hydrogens is 308 g/mol. The van der Waals surface area contributed by atoms with Crippen molar-refractivity contribution in [3.05, 3.63) is 48.0 Å². The summed E-state index contributed by atoms with van der Waals surface area (Å²) < 4.78 is 0. The molecule has 0 bridgehead atoms. The van der Waals surface area contributed by atoms with E-state index in [0.29, 0.717) is 6.04 Å². The number of fused-ring (bicyclic) bond motifs is 1. The highest BCUT2D eigenvalue weighted by Gasteiger charge is 2.29. The molecule has 2 aromatic rings. The smallest absolute Gasteiger partial charge is 0.251 e. The predicted molar refractivity (Wildman–Crippen MR) is 103 cm³/mol. The summed E-state index contributed by atoms with van der Waals surface area (Å²) in [5.41, 5.74) is 0.770. The molecule has 2 aromatic carbocycles. The summed E-state index contributed by atoms with van der Waals surface area (Å²) in [6, 6.07) is 15.2. The molecule has 1 aliphatic carbocycles. The van der Waals surface area contributed by atoms with Crippen LogP contribution in [-0.2, 0) is 0 Å². The molecule has 2 fully saturated rings. The molecule has 1 amide bonds. The molecule has 25 heavy (non-hydrogen) atoms. The summed E-state index contributed by atoms with van der Waals surface area (Å²) in [6.45, 7) is 2.15. The first kappa shape index (κ1) is 16.6. The van der Waals surface area contributed by atoms with Crippen LogP contribution < -0.4 is 5.32 Å². The van der Waals surface area contributed by atoms with Gasteiger partial charge in [-0.2, -0.15) is 0 Å². The van der Waals surface area contributed by atoms with Gasteiger partial charge in [0, 0.05) is 30.7 Å². The zero-order chi connectivity index (χ0) is 17.1. The van der Waals surface area contributed by atoms with Gasteiger partial charge in [0.05, 0.1) is 0 Å². The number of hydrogen-bond donors (Lipinski definition) is 1.